The largest absolute Gasteiger partial charge is 0.458 e. The minimum Gasteiger partial charge on any atom is -0.458 e. The van der Waals surface area contributed by atoms with Crippen LogP contribution in [0.15, 0.2) is 59.0 Å². The summed E-state index contributed by atoms with van der Waals surface area (Å²) < 4.78 is 30.5. The number of fused-ring (bicyclic) bond motifs is 1. The molecule has 3 rings (SSSR count). The average molecular weight is 274 g/mol. The van der Waals surface area contributed by atoms with E-state index in [4.69, 9.17) is 4.42 Å². The van der Waals surface area contributed by atoms with Crippen molar-refractivity contribution in [1.29, 1.82) is 0 Å². The molecule has 0 fully saturated rings. The van der Waals surface area contributed by atoms with Crippen LogP contribution in [-0.2, 0) is 0 Å². The van der Waals surface area contributed by atoms with E-state index in [1.165, 1.54) is 24.3 Å². The van der Waals surface area contributed by atoms with Gasteiger partial charge in [-0.05, 0) is 17.7 Å². The van der Waals surface area contributed by atoms with Crippen LogP contribution in [0.5, 0.6) is 0 Å². The quantitative estimate of drug-likeness (QED) is 0.765. The Bertz CT molecular complexity index is 684. The number of aliphatic hydroxyl groups is 1. The molecule has 0 aliphatic carbocycles. The van der Waals surface area contributed by atoms with Crippen molar-refractivity contribution in [3.8, 4) is 0 Å². The first-order valence-electron chi connectivity index (χ1n) is 6.19. The van der Waals surface area contributed by atoms with Crippen molar-refractivity contribution in [2.75, 3.05) is 0 Å². The second-order valence-corrected chi connectivity index (χ2v) is 4.56. The molecule has 0 saturated carbocycles. The summed E-state index contributed by atoms with van der Waals surface area (Å²) in [5.41, 5.74) is 1.14. The van der Waals surface area contributed by atoms with Crippen LogP contribution in [0.3, 0.4) is 0 Å². The van der Waals surface area contributed by atoms with E-state index in [2.05, 4.69) is 0 Å². The number of halogens is 2. The Kier molecular flexibility index (Phi) is 3.24. The van der Waals surface area contributed by atoms with Gasteiger partial charge in [0.15, 0.2) is 0 Å². The topological polar surface area (TPSA) is 33.4 Å². The zero-order valence-corrected chi connectivity index (χ0v) is 10.5. The fraction of sp³-hybridized carbons (Fsp3) is 0.125. The normalized spacial score (nSPS) is 13.0. The maximum Gasteiger partial charge on any atom is 0.263 e. The number of hydrogen-bond donors (Lipinski definition) is 1. The molecule has 2 nitrogen and oxygen atoms in total. The van der Waals surface area contributed by atoms with Gasteiger partial charge in [-0.15, -0.1) is 0 Å². The van der Waals surface area contributed by atoms with E-state index in [1.807, 2.05) is 24.3 Å². The monoisotopic (exact) mass is 274 g/mol. The highest BCUT2D eigenvalue weighted by molar-refractivity contribution is 5.77. The summed E-state index contributed by atoms with van der Waals surface area (Å²) in [7, 11) is 0. The summed E-state index contributed by atoms with van der Waals surface area (Å²) in [6.07, 6.45) is -3.47. The fourth-order valence-corrected chi connectivity index (χ4v) is 2.13. The molecule has 20 heavy (non-hydrogen) atoms. The van der Waals surface area contributed by atoms with Gasteiger partial charge in [-0.2, -0.15) is 0 Å². The Morgan fingerprint density at radius 2 is 1.55 bits per heavy atom. The Balaban J connectivity index is 1.93. The molecular formula is C16H12F2O2. The van der Waals surface area contributed by atoms with Gasteiger partial charge in [0, 0.05) is 10.9 Å². The Morgan fingerprint density at radius 1 is 0.900 bits per heavy atom. The number of benzene rings is 2. The van der Waals surface area contributed by atoms with Gasteiger partial charge in [-0.3, -0.25) is 0 Å². The molecule has 0 saturated heterocycles. The predicted molar refractivity (Wildman–Crippen MR) is 71.7 cm³/mol. The minimum atomic E-state index is -2.51. The van der Waals surface area contributed by atoms with Crippen molar-refractivity contribution in [3.63, 3.8) is 0 Å². The number of para-hydroxylation sites is 1. The Labute approximate surface area is 114 Å². The van der Waals surface area contributed by atoms with Gasteiger partial charge in [-0.25, -0.2) is 8.78 Å². The third kappa shape index (κ3) is 2.30. The molecule has 1 unspecified atom stereocenters. The molecule has 0 spiro atoms. The summed E-state index contributed by atoms with van der Waals surface area (Å²) in [6.45, 7) is 0. The molecule has 0 amide bonds. The first-order chi connectivity index (χ1) is 9.65. The SMILES string of the molecule is OC(c1ccc(C(F)F)cc1)c1cc2ccccc2o1. The first kappa shape index (κ1) is 12.8. The third-order valence-electron chi connectivity index (χ3n) is 3.22. The highest BCUT2D eigenvalue weighted by atomic mass is 19.3. The van der Waals surface area contributed by atoms with E-state index >= 15 is 0 Å². The molecular weight excluding hydrogens is 262 g/mol. The standard InChI is InChI=1S/C16H12F2O2/c17-16(18)11-7-5-10(6-8-11)15(19)14-9-12-3-1-2-4-13(12)20-14/h1-9,15-16,19H. The van der Waals surface area contributed by atoms with E-state index in [9.17, 15) is 13.9 Å². The lowest BCUT2D eigenvalue weighted by atomic mass is 10.1. The lowest BCUT2D eigenvalue weighted by molar-refractivity contribution is 0.151. The van der Waals surface area contributed by atoms with E-state index < -0.39 is 12.5 Å². The lowest BCUT2D eigenvalue weighted by Crippen LogP contribution is -1.98. The van der Waals surface area contributed by atoms with Crippen molar-refractivity contribution in [3.05, 3.63) is 71.5 Å². The molecule has 1 N–H and O–H groups in total. The third-order valence-corrected chi connectivity index (χ3v) is 3.22. The minimum absolute atomic E-state index is 0.0643. The van der Waals surface area contributed by atoms with Crippen LogP contribution >= 0.6 is 0 Å². The van der Waals surface area contributed by atoms with Gasteiger partial charge in [0.2, 0.25) is 0 Å². The molecule has 1 atom stereocenters. The summed E-state index contributed by atoms with van der Waals surface area (Å²) in [6, 6.07) is 14.8. The van der Waals surface area contributed by atoms with E-state index in [0.29, 0.717) is 16.9 Å². The van der Waals surface area contributed by atoms with Gasteiger partial charge in [0.25, 0.3) is 6.43 Å². The van der Waals surface area contributed by atoms with Crippen LogP contribution < -0.4 is 0 Å². The number of furan rings is 1. The molecule has 1 heterocycles. The number of aliphatic hydroxyl groups excluding tert-OH is 1. The number of rotatable bonds is 3. The van der Waals surface area contributed by atoms with E-state index in [1.54, 1.807) is 6.07 Å². The molecule has 0 aliphatic heterocycles. The second-order valence-electron chi connectivity index (χ2n) is 4.56. The summed E-state index contributed by atoms with van der Waals surface area (Å²) >= 11 is 0. The van der Waals surface area contributed by atoms with Gasteiger partial charge in [0.1, 0.15) is 17.4 Å². The van der Waals surface area contributed by atoms with Crippen molar-refractivity contribution >= 4 is 11.0 Å². The summed E-state index contributed by atoms with van der Waals surface area (Å²) in [5.74, 6) is 0.399. The highest BCUT2D eigenvalue weighted by Gasteiger charge is 2.16. The van der Waals surface area contributed by atoms with Gasteiger partial charge >= 0.3 is 0 Å². The maximum atomic E-state index is 12.5. The van der Waals surface area contributed by atoms with Crippen LogP contribution in [0.1, 0.15) is 29.4 Å². The van der Waals surface area contributed by atoms with Crippen LogP contribution in [0.25, 0.3) is 11.0 Å². The van der Waals surface area contributed by atoms with Gasteiger partial charge < -0.3 is 9.52 Å². The Morgan fingerprint density at radius 3 is 2.20 bits per heavy atom. The molecule has 2 aromatic carbocycles. The van der Waals surface area contributed by atoms with E-state index in [-0.39, 0.29) is 5.56 Å². The first-order valence-corrected chi connectivity index (χ1v) is 6.19. The zero-order chi connectivity index (χ0) is 14.1. The molecule has 0 bridgehead atoms. The maximum absolute atomic E-state index is 12.5. The number of hydrogen-bond acceptors (Lipinski definition) is 2. The van der Waals surface area contributed by atoms with Crippen LogP contribution in [0.2, 0.25) is 0 Å². The molecule has 3 aromatic rings. The van der Waals surface area contributed by atoms with Crippen LogP contribution in [-0.4, -0.2) is 5.11 Å². The van der Waals surface area contributed by atoms with Crippen molar-refractivity contribution in [2.24, 2.45) is 0 Å². The highest BCUT2D eigenvalue weighted by Crippen LogP contribution is 2.29. The smallest absolute Gasteiger partial charge is 0.263 e. The average Bonchev–Trinajstić information content (AvgIpc) is 2.90. The molecule has 4 heteroatoms. The fourth-order valence-electron chi connectivity index (χ4n) is 2.13. The summed E-state index contributed by atoms with van der Waals surface area (Å²) in [5, 5.41) is 11.1. The van der Waals surface area contributed by atoms with Crippen molar-refractivity contribution < 1.29 is 18.3 Å². The van der Waals surface area contributed by atoms with Crippen molar-refractivity contribution in [2.45, 2.75) is 12.5 Å². The zero-order valence-electron chi connectivity index (χ0n) is 10.5. The molecule has 102 valence electrons. The van der Waals surface area contributed by atoms with Gasteiger partial charge in [-0.1, -0.05) is 42.5 Å². The van der Waals surface area contributed by atoms with E-state index in [0.717, 1.165) is 5.39 Å². The van der Waals surface area contributed by atoms with Crippen LogP contribution in [0, 0.1) is 0 Å². The number of alkyl halides is 2. The molecule has 0 radical (unpaired) electrons. The van der Waals surface area contributed by atoms with Gasteiger partial charge in [0.05, 0.1) is 0 Å². The summed E-state index contributed by atoms with van der Waals surface area (Å²) in [4.78, 5) is 0. The van der Waals surface area contributed by atoms with Crippen LogP contribution in [0.4, 0.5) is 8.78 Å². The second kappa shape index (κ2) is 5.06. The molecule has 0 aliphatic rings. The predicted octanol–water partition coefficient (Wildman–Crippen LogP) is 4.45. The Hall–Kier alpha value is -2.20. The van der Waals surface area contributed by atoms with Crippen molar-refractivity contribution in [1.82, 2.24) is 0 Å². The lowest BCUT2D eigenvalue weighted by Gasteiger charge is -2.08. The molecule has 1 aromatic heterocycles.